The van der Waals surface area contributed by atoms with Gasteiger partial charge in [0.05, 0.1) is 0 Å². The van der Waals surface area contributed by atoms with Gasteiger partial charge in [-0.15, -0.1) is 0 Å². The fraction of sp³-hybridized carbons (Fsp3) is 0.353. The van der Waals surface area contributed by atoms with E-state index in [1.54, 1.807) is 10.0 Å². The van der Waals surface area contributed by atoms with Gasteiger partial charge in [-0.1, -0.05) is 30.3 Å². The van der Waals surface area contributed by atoms with Crippen LogP contribution >= 0.6 is 0 Å². The Morgan fingerprint density at radius 3 is 2.59 bits per heavy atom. The number of aryl methyl sites for hydroxylation is 3. The molecule has 0 aliphatic carbocycles. The Balaban J connectivity index is 1.76. The van der Waals surface area contributed by atoms with Gasteiger partial charge in [-0.3, -0.25) is 10.0 Å². The van der Waals surface area contributed by atoms with Crippen molar-refractivity contribution in [3.63, 3.8) is 0 Å². The second kappa shape index (κ2) is 8.24. The molecule has 0 saturated heterocycles. The van der Waals surface area contributed by atoms with Crippen molar-refractivity contribution in [2.24, 2.45) is 0 Å². The molecule has 2 aromatic rings. The predicted molar refractivity (Wildman–Crippen MR) is 83.7 cm³/mol. The molecule has 0 saturated carbocycles. The number of carbonyl (C=O) groups excluding carboxylic acids is 1. The molecule has 1 aromatic carbocycles. The van der Waals surface area contributed by atoms with Gasteiger partial charge in [0.25, 0.3) is 0 Å². The van der Waals surface area contributed by atoms with Crippen molar-refractivity contribution in [1.29, 1.82) is 0 Å². The van der Waals surface area contributed by atoms with Crippen LogP contribution in [-0.4, -0.2) is 20.8 Å². The number of nitrogens with zero attached hydrogens (tertiary/aromatic N) is 1. The first-order valence-electron chi connectivity index (χ1n) is 7.54. The third-order valence-electron chi connectivity index (χ3n) is 3.72. The Bertz CT molecular complexity index is 593. The molecule has 0 unspecified atom stereocenters. The summed E-state index contributed by atoms with van der Waals surface area (Å²) in [6, 6.07) is 12.2. The van der Waals surface area contributed by atoms with Gasteiger partial charge in [0.1, 0.15) is 0 Å². The Morgan fingerprint density at radius 2 is 1.86 bits per heavy atom. The van der Waals surface area contributed by atoms with Crippen molar-refractivity contribution in [1.82, 2.24) is 10.0 Å². The van der Waals surface area contributed by atoms with Crippen LogP contribution in [-0.2, 0) is 24.2 Å². The largest absolute Gasteiger partial charge is 0.494 e. The molecule has 1 aromatic heterocycles. The predicted octanol–water partition coefficient (Wildman–Crippen LogP) is 2.65. The number of unbranched alkanes of at least 4 members (excludes halogenated alkanes) is 1. The monoisotopic (exact) mass is 302 g/mol. The molecule has 0 spiro atoms. The minimum absolute atomic E-state index is 0.155. The number of hydroxylamine groups is 1. The lowest BCUT2D eigenvalue weighted by molar-refractivity contribution is -0.129. The minimum Gasteiger partial charge on any atom is -0.494 e. The van der Waals surface area contributed by atoms with Crippen LogP contribution in [0.4, 0.5) is 0 Å². The summed E-state index contributed by atoms with van der Waals surface area (Å²) in [5.74, 6) is -0.236. The maximum atomic E-state index is 11.0. The van der Waals surface area contributed by atoms with E-state index in [1.807, 2.05) is 30.5 Å². The van der Waals surface area contributed by atoms with Crippen molar-refractivity contribution < 1.29 is 15.1 Å². The van der Waals surface area contributed by atoms with E-state index < -0.39 is 5.91 Å². The van der Waals surface area contributed by atoms with E-state index in [0.717, 1.165) is 31.4 Å². The Kier molecular flexibility index (Phi) is 6.03. The third-order valence-corrected chi connectivity index (χ3v) is 3.72. The average molecular weight is 302 g/mol. The number of hydrogen-bond donors (Lipinski definition) is 3. The number of amides is 1. The zero-order valence-electron chi connectivity index (χ0n) is 12.5. The van der Waals surface area contributed by atoms with Crippen molar-refractivity contribution in [2.75, 3.05) is 0 Å². The lowest BCUT2D eigenvalue weighted by Gasteiger charge is -2.06. The van der Waals surface area contributed by atoms with Crippen molar-refractivity contribution >= 4 is 5.91 Å². The van der Waals surface area contributed by atoms with Crippen LogP contribution < -0.4 is 5.48 Å². The van der Waals surface area contributed by atoms with Crippen LogP contribution in [0.15, 0.2) is 42.6 Å². The maximum absolute atomic E-state index is 11.0. The molecule has 5 heteroatoms. The first-order valence-corrected chi connectivity index (χ1v) is 7.54. The summed E-state index contributed by atoms with van der Waals surface area (Å²) in [7, 11) is 0. The van der Waals surface area contributed by atoms with Crippen LogP contribution in [0, 0.1) is 0 Å². The molecule has 2 rings (SSSR count). The van der Waals surface area contributed by atoms with Gasteiger partial charge in [-0.05, 0) is 37.3 Å². The van der Waals surface area contributed by atoms with E-state index in [9.17, 15) is 9.90 Å². The molecule has 0 radical (unpaired) electrons. The van der Waals surface area contributed by atoms with E-state index in [-0.39, 0.29) is 12.3 Å². The molecule has 1 amide bonds. The van der Waals surface area contributed by atoms with Crippen LogP contribution in [0.1, 0.15) is 30.4 Å². The smallest absolute Gasteiger partial charge is 0.243 e. The maximum Gasteiger partial charge on any atom is 0.243 e. The highest BCUT2D eigenvalue weighted by atomic mass is 16.5. The summed E-state index contributed by atoms with van der Waals surface area (Å²) in [5.41, 5.74) is 3.65. The van der Waals surface area contributed by atoms with Crippen LogP contribution in [0.25, 0.3) is 0 Å². The number of aromatic hydroxyl groups is 1. The van der Waals surface area contributed by atoms with Crippen LogP contribution in [0.2, 0.25) is 0 Å². The lowest BCUT2D eigenvalue weighted by Crippen LogP contribution is -2.18. The molecule has 0 bridgehead atoms. The molecule has 3 N–H and O–H groups in total. The minimum atomic E-state index is -0.449. The van der Waals surface area contributed by atoms with Gasteiger partial charge >= 0.3 is 0 Å². The number of hydrogen-bond acceptors (Lipinski definition) is 3. The summed E-state index contributed by atoms with van der Waals surface area (Å²) >= 11 is 0. The number of carbonyl (C=O) groups is 1. The highest BCUT2D eigenvalue weighted by Crippen LogP contribution is 2.21. The molecule has 0 fully saturated rings. The number of rotatable bonds is 8. The second-order valence-electron chi connectivity index (χ2n) is 5.34. The Morgan fingerprint density at radius 1 is 1.09 bits per heavy atom. The average Bonchev–Trinajstić information content (AvgIpc) is 2.90. The number of nitrogens with one attached hydrogen (secondary N) is 1. The second-order valence-corrected chi connectivity index (χ2v) is 5.34. The molecule has 1 heterocycles. The molecule has 0 atom stereocenters. The molecule has 5 nitrogen and oxygen atoms in total. The topological polar surface area (TPSA) is 74.5 Å². The normalized spacial score (nSPS) is 10.6. The Labute approximate surface area is 130 Å². The fourth-order valence-electron chi connectivity index (χ4n) is 2.45. The molecule has 22 heavy (non-hydrogen) atoms. The van der Waals surface area contributed by atoms with E-state index in [4.69, 9.17) is 5.21 Å². The van der Waals surface area contributed by atoms with Gasteiger partial charge in [-0.25, -0.2) is 5.48 Å². The summed E-state index contributed by atoms with van der Waals surface area (Å²) in [5, 5.41) is 18.6. The number of aromatic nitrogens is 1. The molecule has 0 aliphatic heterocycles. The Hall–Kier alpha value is -2.27. The van der Waals surface area contributed by atoms with Gasteiger partial charge < -0.3 is 9.67 Å². The molecular formula is C17H22N2O3. The summed E-state index contributed by atoms with van der Waals surface area (Å²) in [4.78, 5) is 11.0. The van der Waals surface area contributed by atoms with Crippen molar-refractivity contribution in [3.8, 4) is 5.88 Å². The first-order chi connectivity index (χ1) is 10.7. The SMILES string of the molecule is O=C(CCc1ccn(CCCCc2ccccc2)c1O)NO. The lowest BCUT2D eigenvalue weighted by atomic mass is 10.1. The highest BCUT2D eigenvalue weighted by Gasteiger charge is 2.09. The van der Waals surface area contributed by atoms with Gasteiger partial charge in [0, 0.05) is 24.7 Å². The summed E-state index contributed by atoms with van der Waals surface area (Å²) < 4.78 is 1.80. The van der Waals surface area contributed by atoms with Gasteiger partial charge in [0.2, 0.25) is 5.91 Å². The van der Waals surface area contributed by atoms with Crippen molar-refractivity contribution in [2.45, 2.75) is 38.6 Å². The summed E-state index contributed by atoms with van der Waals surface area (Å²) in [6.07, 6.45) is 5.48. The van der Waals surface area contributed by atoms with Crippen molar-refractivity contribution in [3.05, 3.63) is 53.7 Å². The molecule has 0 aliphatic rings. The van der Waals surface area contributed by atoms with Gasteiger partial charge in [0.15, 0.2) is 5.88 Å². The van der Waals surface area contributed by atoms with E-state index in [2.05, 4.69) is 12.1 Å². The quantitative estimate of drug-likeness (QED) is 0.399. The van der Waals surface area contributed by atoms with E-state index >= 15 is 0 Å². The van der Waals surface area contributed by atoms with E-state index in [0.29, 0.717) is 6.42 Å². The van der Waals surface area contributed by atoms with Gasteiger partial charge in [-0.2, -0.15) is 0 Å². The standard InChI is InChI=1S/C17H22N2O3/c20-16(18-22)10-9-15-11-13-19(17(15)21)12-5-4-8-14-6-2-1-3-7-14/h1-3,6-7,11,13,21-22H,4-5,8-10,12H2,(H,18,20). The number of benzene rings is 1. The highest BCUT2D eigenvalue weighted by molar-refractivity contribution is 5.74. The molecular weight excluding hydrogens is 280 g/mol. The third kappa shape index (κ3) is 4.63. The summed E-state index contributed by atoms with van der Waals surface area (Å²) in [6.45, 7) is 0.755. The van der Waals surface area contributed by atoms with E-state index in [1.165, 1.54) is 5.56 Å². The molecule has 118 valence electrons. The first kappa shape index (κ1) is 16.1. The zero-order valence-corrected chi connectivity index (χ0v) is 12.5. The van der Waals surface area contributed by atoms with Crippen LogP contribution in [0.3, 0.4) is 0 Å². The fourth-order valence-corrected chi connectivity index (χ4v) is 2.45. The van der Waals surface area contributed by atoms with Crippen LogP contribution in [0.5, 0.6) is 5.88 Å². The zero-order chi connectivity index (χ0) is 15.8.